The number of amides is 1. The number of hydrogen-bond acceptors (Lipinski definition) is 4. The van der Waals surface area contributed by atoms with Gasteiger partial charge in [0.15, 0.2) is 0 Å². The fraction of sp³-hybridized carbons (Fsp3) is 0.818. The molecule has 1 fully saturated rings. The lowest BCUT2D eigenvalue weighted by molar-refractivity contribution is -0.150. The molecule has 1 heterocycles. The highest BCUT2D eigenvalue weighted by atomic mass is 16.5. The topological polar surface area (TPSA) is 55.8 Å². The van der Waals surface area contributed by atoms with Crippen LogP contribution in [-0.4, -0.2) is 49.7 Å². The Balaban J connectivity index is 2.53. The van der Waals surface area contributed by atoms with Gasteiger partial charge < -0.3 is 14.4 Å². The third-order valence-electron chi connectivity index (χ3n) is 2.56. The Kier molecular flexibility index (Phi) is 5.25. The first-order valence-corrected chi connectivity index (χ1v) is 5.66. The van der Waals surface area contributed by atoms with Crippen molar-refractivity contribution in [1.29, 1.82) is 0 Å². The van der Waals surface area contributed by atoms with Crippen LogP contribution in [0.15, 0.2) is 0 Å². The van der Waals surface area contributed by atoms with E-state index in [1.54, 1.807) is 0 Å². The number of methoxy groups -OCH3 is 1. The van der Waals surface area contributed by atoms with E-state index in [4.69, 9.17) is 4.74 Å². The van der Waals surface area contributed by atoms with Crippen LogP contribution in [0.2, 0.25) is 0 Å². The van der Waals surface area contributed by atoms with Gasteiger partial charge in [-0.1, -0.05) is 6.92 Å². The molecule has 92 valence electrons. The molecule has 1 saturated heterocycles. The van der Waals surface area contributed by atoms with Crippen molar-refractivity contribution in [3.05, 3.63) is 0 Å². The van der Waals surface area contributed by atoms with E-state index in [1.807, 2.05) is 6.92 Å². The maximum Gasteiger partial charge on any atom is 0.325 e. The predicted molar refractivity (Wildman–Crippen MR) is 57.9 cm³/mol. The molecule has 1 aliphatic rings. The van der Waals surface area contributed by atoms with Gasteiger partial charge in [-0.05, 0) is 19.3 Å². The van der Waals surface area contributed by atoms with Crippen molar-refractivity contribution >= 4 is 11.9 Å². The van der Waals surface area contributed by atoms with Crippen molar-refractivity contribution < 1.29 is 19.1 Å². The molecular weight excluding hydrogens is 210 g/mol. The highest BCUT2D eigenvalue weighted by molar-refractivity contribution is 5.85. The Morgan fingerprint density at radius 3 is 2.75 bits per heavy atom. The van der Waals surface area contributed by atoms with E-state index < -0.39 is 0 Å². The largest absolute Gasteiger partial charge is 0.468 e. The number of rotatable bonds is 5. The van der Waals surface area contributed by atoms with Crippen LogP contribution in [0.4, 0.5) is 0 Å². The van der Waals surface area contributed by atoms with Gasteiger partial charge in [0.05, 0.1) is 7.11 Å². The summed E-state index contributed by atoms with van der Waals surface area (Å²) in [5.41, 5.74) is 0. The van der Waals surface area contributed by atoms with Crippen LogP contribution < -0.4 is 0 Å². The molecule has 0 saturated carbocycles. The van der Waals surface area contributed by atoms with Crippen molar-refractivity contribution in [2.75, 3.05) is 26.8 Å². The molecule has 1 aliphatic heterocycles. The van der Waals surface area contributed by atoms with Gasteiger partial charge in [-0.2, -0.15) is 0 Å². The minimum absolute atomic E-state index is 0.0169. The van der Waals surface area contributed by atoms with Gasteiger partial charge in [0.25, 0.3) is 5.91 Å². The molecular formula is C11H19NO4. The van der Waals surface area contributed by atoms with Gasteiger partial charge in [-0.3, -0.25) is 9.59 Å². The summed E-state index contributed by atoms with van der Waals surface area (Å²) in [5.74, 6) is -0.482. The monoisotopic (exact) mass is 229 g/mol. The normalized spacial score (nSPS) is 19.5. The van der Waals surface area contributed by atoms with Crippen LogP contribution in [-0.2, 0) is 19.1 Å². The Morgan fingerprint density at radius 2 is 2.25 bits per heavy atom. The van der Waals surface area contributed by atoms with Crippen molar-refractivity contribution in [3.63, 3.8) is 0 Å². The molecule has 0 radical (unpaired) electrons. The number of carbonyl (C=O) groups is 2. The van der Waals surface area contributed by atoms with E-state index >= 15 is 0 Å². The summed E-state index contributed by atoms with van der Waals surface area (Å²) in [5, 5.41) is 0. The average molecular weight is 229 g/mol. The molecule has 16 heavy (non-hydrogen) atoms. The molecule has 1 amide bonds. The van der Waals surface area contributed by atoms with Crippen LogP contribution >= 0.6 is 0 Å². The first kappa shape index (κ1) is 13.0. The summed E-state index contributed by atoms with van der Waals surface area (Å²) in [6.07, 6.45) is 2.11. The summed E-state index contributed by atoms with van der Waals surface area (Å²) >= 11 is 0. The van der Waals surface area contributed by atoms with Crippen LogP contribution in [0.25, 0.3) is 0 Å². The predicted octanol–water partition coefficient (Wildman–Crippen LogP) is 0.577. The highest BCUT2D eigenvalue weighted by Gasteiger charge is 2.28. The first-order valence-electron chi connectivity index (χ1n) is 5.66. The molecule has 0 bridgehead atoms. The lowest BCUT2D eigenvalue weighted by Crippen LogP contribution is -2.42. The molecule has 0 aliphatic carbocycles. The molecule has 0 aromatic heterocycles. The Labute approximate surface area is 95.7 Å². The van der Waals surface area contributed by atoms with E-state index in [-0.39, 0.29) is 24.5 Å². The van der Waals surface area contributed by atoms with Gasteiger partial charge in [0.1, 0.15) is 12.6 Å². The minimum atomic E-state index is -0.389. The quantitative estimate of drug-likeness (QED) is 0.647. The zero-order chi connectivity index (χ0) is 12.0. The molecule has 1 unspecified atom stereocenters. The summed E-state index contributed by atoms with van der Waals surface area (Å²) < 4.78 is 9.88. The van der Waals surface area contributed by atoms with Crippen molar-refractivity contribution in [3.8, 4) is 0 Å². The van der Waals surface area contributed by atoms with E-state index in [1.165, 1.54) is 12.0 Å². The molecule has 5 nitrogen and oxygen atoms in total. The second kappa shape index (κ2) is 6.48. The van der Waals surface area contributed by atoms with E-state index in [2.05, 4.69) is 4.74 Å². The van der Waals surface area contributed by atoms with Gasteiger partial charge in [-0.25, -0.2) is 0 Å². The molecule has 5 heteroatoms. The lowest BCUT2D eigenvalue weighted by atomic mass is 10.2. The number of esters is 1. The van der Waals surface area contributed by atoms with Gasteiger partial charge >= 0.3 is 5.97 Å². The van der Waals surface area contributed by atoms with Crippen molar-refractivity contribution in [2.45, 2.75) is 32.3 Å². The maximum atomic E-state index is 12.0. The highest BCUT2D eigenvalue weighted by Crippen LogP contribution is 2.14. The number of hydrogen-bond donors (Lipinski definition) is 0. The summed E-state index contributed by atoms with van der Waals surface area (Å²) in [6, 6.07) is 0. The molecule has 1 atom stereocenters. The number of carbonyl (C=O) groups excluding carboxylic acids is 2. The van der Waals surface area contributed by atoms with Gasteiger partial charge in [-0.15, -0.1) is 0 Å². The van der Waals surface area contributed by atoms with Crippen LogP contribution in [0, 0.1) is 0 Å². The molecule has 0 aromatic carbocycles. The molecule has 0 N–H and O–H groups in total. The number of ether oxygens (including phenoxy) is 2. The van der Waals surface area contributed by atoms with Crippen molar-refractivity contribution in [2.24, 2.45) is 0 Å². The minimum Gasteiger partial charge on any atom is -0.468 e. The van der Waals surface area contributed by atoms with E-state index in [0.29, 0.717) is 13.2 Å². The Morgan fingerprint density at radius 1 is 1.50 bits per heavy atom. The number of nitrogens with zero attached hydrogens (tertiary/aromatic N) is 1. The van der Waals surface area contributed by atoms with E-state index in [9.17, 15) is 9.59 Å². The fourth-order valence-electron chi connectivity index (χ4n) is 1.73. The third kappa shape index (κ3) is 3.48. The lowest BCUT2D eigenvalue weighted by Gasteiger charge is -2.23. The SMILES string of the molecule is CCCN(CC(=O)OC)C(=O)C1CCCO1. The molecule has 0 aromatic rings. The van der Waals surface area contributed by atoms with Crippen LogP contribution in [0.1, 0.15) is 26.2 Å². The van der Waals surface area contributed by atoms with Gasteiger partial charge in [0, 0.05) is 13.2 Å². The second-order valence-electron chi connectivity index (χ2n) is 3.84. The Hall–Kier alpha value is -1.10. The maximum absolute atomic E-state index is 12.0. The second-order valence-corrected chi connectivity index (χ2v) is 3.84. The summed E-state index contributed by atoms with van der Waals surface area (Å²) in [6.45, 7) is 3.18. The molecule has 0 spiro atoms. The standard InChI is InChI=1S/C11H19NO4/c1-3-6-12(8-10(13)15-2)11(14)9-5-4-7-16-9/h9H,3-8H2,1-2H3. The van der Waals surface area contributed by atoms with E-state index in [0.717, 1.165) is 19.3 Å². The van der Waals surface area contributed by atoms with Crippen LogP contribution in [0.5, 0.6) is 0 Å². The fourth-order valence-corrected chi connectivity index (χ4v) is 1.73. The van der Waals surface area contributed by atoms with Crippen LogP contribution in [0.3, 0.4) is 0 Å². The average Bonchev–Trinajstić information content (AvgIpc) is 2.80. The van der Waals surface area contributed by atoms with Gasteiger partial charge in [0.2, 0.25) is 0 Å². The summed E-state index contributed by atoms with van der Waals surface area (Å²) in [4.78, 5) is 24.7. The first-order chi connectivity index (χ1) is 7.69. The zero-order valence-electron chi connectivity index (χ0n) is 9.90. The summed E-state index contributed by atoms with van der Waals surface area (Å²) in [7, 11) is 1.32. The zero-order valence-corrected chi connectivity index (χ0v) is 9.90. The third-order valence-corrected chi connectivity index (χ3v) is 2.56. The smallest absolute Gasteiger partial charge is 0.325 e. The molecule has 1 rings (SSSR count). The van der Waals surface area contributed by atoms with Crippen molar-refractivity contribution in [1.82, 2.24) is 4.90 Å². The Bertz CT molecular complexity index is 248.